The van der Waals surface area contributed by atoms with E-state index in [0.29, 0.717) is 6.54 Å². The monoisotopic (exact) mass is 247 g/mol. The van der Waals surface area contributed by atoms with Crippen LogP contribution in [0.2, 0.25) is 0 Å². The first kappa shape index (κ1) is 14.5. The van der Waals surface area contributed by atoms with Crippen molar-refractivity contribution in [3.05, 3.63) is 48.6 Å². The summed E-state index contributed by atoms with van der Waals surface area (Å²) in [5, 5.41) is 8.87. The zero-order valence-corrected chi connectivity index (χ0v) is 10.9. The molecule has 0 aliphatic heterocycles. The molecule has 3 heteroatoms. The zero-order chi connectivity index (χ0) is 13.4. The summed E-state index contributed by atoms with van der Waals surface area (Å²) < 4.78 is 0. The summed E-state index contributed by atoms with van der Waals surface area (Å²) in [6.07, 6.45) is 3.67. The van der Waals surface area contributed by atoms with Crippen molar-refractivity contribution in [3.63, 3.8) is 0 Å². The van der Waals surface area contributed by atoms with Gasteiger partial charge in [-0.05, 0) is 25.3 Å². The smallest absolute Gasteiger partial charge is 0.317 e. The van der Waals surface area contributed by atoms with Crippen molar-refractivity contribution in [2.24, 2.45) is 0 Å². The van der Waals surface area contributed by atoms with Crippen molar-refractivity contribution >= 4 is 5.97 Å². The maximum absolute atomic E-state index is 10.8. The summed E-state index contributed by atoms with van der Waals surface area (Å²) in [5.41, 5.74) is 1.29. The lowest BCUT2D eigenvalue weighted by molar-refractivity contribution is -0.138. The van der Waals surface area contributed by atoms with Gasteiger partial charge in [0, 0.05) is 12.6 Å². The van der Waals surface area contributed by atoms with Crippen LogP contribution >= 0.6 is 0 Å². The van der Waals surface area contributed by atoms with Gasteiger partial charge < -0.3 is 5.11 Å². The summed E-state index contributed by atoms with van der Waals surface area (Å²) >= 11 is 0. The minimum atomic E-state index is -0.789. The number of hydrogen-bond donors (Lipinski definition) is 1. The van der Waals surface area contributed by atoms with Crippen LogP contribution in [-0.2, 0) is 11.2 Å². The van der Waals surface area contributed by atoms with Crippen molar-refractivity contribution in [2.75, 3.05) is 13.1 Å². The SMILES string of the molecule is C=CCN(CC(=O)O)C(C)CCc1ccccc1. The molecule has 1 N–H and O–H groups in total. The van der Waals surface area contributed by atoms with E-state index in [9.17, 15) is 4.79 Å². The maximum atomic E-state index is 10.8. The molecule has 0 spiro atoms. The van der Waals surface area contributed by atoms with Gasteiger partial charge in [-0.1, -0.05) is 36.4 Å². The van der Waals surface area contributed by atoms with E-state index < -0.39 is 5.97 Å². The minimum Gasteiger partial charge on any atom is -0.480 e. The van der Waals surface area contributed by atoms with E-state index in [2.05, 4.69) is 25.6 Å². The van der Waals surface area contributed by atoms with Gasteiger partial charge >= 0.3 is 5.97 Å². The Morgan fingerprint density at radius 1 is 1.44 bits per heavy atom. The standard InChI is InChI=1S/C15H21NO2/c1-3-11-16(12-15(17)18)13(2)9-10-14-7-5-4-6-8-14/h3-8,13H,1,9-12H2,2H3,(H,17,18). The second-order valence-corrected chi connectivity index (χ2v) is 4.49. The van der Waals surface area contributed by atoms with Gasteiger partial charge in [0.1, 0.15) is 0 Å². The molecule has 0 saturated carbocycles. The van der Waals surface area contributed by atoms with Crippen LogP contribution in [0.25, 0.3) is 0 Å². The number of carboxylic acid groups (broad SMARTS) is 1. The molecule has 1 unspecified atom stereocenters. The number of nitrogens with zero attached hydrogens (tertiary/aromatic N) is 1. The molecule has 1 rings (SSSR count). The third kappa shape index (κ3) is 5.15. The molecule has 1 aromatic carbocycles. The topological polar surface area (TPSA) is 40.5 Å². The average Bonchev–Trinajstić information content (AvgIpc) is 2.36. The molecule has 0 aliphatic rings. The summed E-state index contributed by atoms with van der Waals surface area (Å²) in [6.45, 7) is 6.42. The molecule has 3 nitrogen and oxygen atoms in total. The number of aliphatic carboxylic acids is 1. The largest absolute Gasteiger partial charge is 0.480 e. The predicted molar refractivity (Wildman–Crippen MR) is 73.6 cm³/mol. The molecule has 98 valence electrons. The van der Waals surface area contributed by atoms with Crippen molar-refractivity contribution in [2.45, 2.75) is 25.8 Å². The first-order chi connectivity index (χ1) is 8.63. The normalized spacial score (nSPS) is 12.3. The first-order valence-corrected chi connectivity index (χ1v) is 6.24. The molecule has 0 heterocycles. The molecule has 0 bridgehead atoms. The van der Waals surface area contributed by atoms with Crippen LogP contribution in [0.4, 0.5) is 0 Å². The van der Waals surface area contributed by atoms with Gasteiger partial charge in [-0.3, -0.25) is 9.69 Å². The Morgan fingerprint density at radius 2 is 2.11 bits per heavy atom. The second-order valence-electron chi connectivity index (χ2n) is 4.49. The molecule has 0 aromatic heterocycles. The molecular formula is C15H21NO2. The lowest BCUT2D eigenvalue weighted by Crippen LogP contribution is -2.37. The van der Waals surface area contributed by atoms with E-state index >= 15 is 0 Å². The van der Waals surface area contributed by atoms with Gasteiger partial charge in [-0.2, -0.15) is 0 Å². The number of carboxylic acids is 1. The Hall–Kier alpha value is -1.61. The van der Waals surface area contributed by atoms with Crippen molar-refractivity contribution in [3.8, 4) is 0 Å². The lowest BCUT2D eigenvalue weighted by atomic mass is 10.1. The lowest BCUT2D eigenvalue weighted by Gasteiger charge is -2.26. The van der Waals surface area contributed by atoms with E-state index in [1.54, 1.807) is 6.08 Å². The van der Waals surface area contributed by atoms with Crippen molar-refractivity contribution < 1.29 is 9.90 Å². The predicted octanol–water partition coefficient (Wildman–Crippen LogP) is 2.58. The van der Waals surface area contributed by atoms with Gasteiger partial charge in [0.05, 0.1) is 6.54 Å². The maximum Gasteiger partial charge on any atom is 0.317 e. The van der Waals surface area contributed by atoms with Gasteiger partial charge in [-0.15, -0.1) is 6.58 Å². The number of benzene rings is 1. The van der Waals surface area contributed by atoms with Crippen LogP contribution in [0, 0.1) is 0 Å². The van der Waals surface area contributed by atoms with E-state index in [1.807, 2.05) is 23.1 Å². The van der Waals surface area contributed by atoms with Crippen molar-refractivity contribution in [1.29, 1.82) is 0 Å². The van der Waals surface area contributed by atoms with E-state index in [0.717, 1.165) is 12.8 Å². The summed E-state index contributed by atoms with van der Waals surface area (Å²) in [7, 11) is 0. The Labute approximate surface area is 109 Å². The van der Waals surface area contributed by atoms with Gasteiger partial charge in [0.15, 0.2) is 0 Å². The molecule has 0 fully saturated rings. The quantitative estimate of drug-likeness (QED) is 0.718. The summed E-state index contributed by atoms with van der Waals surface area (Å²) in [6, 6.07) is 10.5. The average molecular weight is 247 g/mol. The first-order valence-electron chi connectivity index (χ1n) is 6.24. The Kier molecular flexibility index (Phi) is 6.15. The van der Waals surface area contributed by atoms with Crippen LogP contribution in [0.15, 0.2) is 43.0 Å². The Bertz CT molecular complexity index is 375. The van der Waals surface area contributed by atoms with Crippen LogP contribution in [0.1, 0.15) is 18.9 Å². The third-order valence-electron chi connectivity index (χ3n) is 3.02. The molecule has 0 amide bonds. The molecule has 0 aliphatic carbocycles. The number of carbonyl (C=O) groups is 1. The van der Waals surface area contributed by atoms with Crippen LogP contribution < -0.4 is 0 Å². The number of aryl methyl sites for hydroxylation is 1. The van der Waals surface area contributed by atoms with Gasteiger partial charge in [0.2, 0.25) is 0 Å². The van der Waals surface area contributed by atoms with Crippen LogP contribution in [0.5, 0.6) is 0 Å². The number of rotatable bonds is 8. The fourth-order valence-corrected chi connectivity index (χ4v) is 1.94. The zero-order valence-electron chi connectivity index (χ0n) is 10.9. The Morgan fingerprint density at radius 3 is 2.67 bits per heavy atom. The van der Waals surface area contributed by atoms with E-state index in [-0.39, 0.29) is 12.6 Å². The molecule has 18 heavy (non-hydrogen) atoms. The second kappa shape index (κ2) is 7.67. The fraction of sp³-hybridized carbons (Fsp3) is 0.400. The molecule has 0 saturated heterocycles. The summed E-state index contributed by atoms with van der Waals surface area (Å²) in [5.74, 6) is -0.789. The minimum absolute atomic E-state index is 0.0714. The molecule has 1 aromatic rings. The fourth-order valence-electron chi connectivity index (χ4n) is 1.94. The highest BCUT2D eigenvalue weighted by atomic mass is 16.4. The highest BCUT2D eigenvalue weighted by Crippen LogP contribution is 2.09. The molecule has 1 atom stereocenters. The van der Waals surface area contributed by atoms with E-state index in [1.165, 1.54) is 5.56 Å². The molecular weight excluding hydrogens is 226 g/mol. The Balaban J connectivity index is 2.48. The highest BCUT2D eigenvalue weighted by Gasteiger charge is 2.15. The van der Waals surface area contributed by atoms with Gasteiger partial charge in [-0.25, -0.2) is 0 Å². The summed E-state index contributed by atoms with van der Waals surface area (Å²) in [4.78, 5) is 12.7. The highest BCUT2D eigenvalue weighted by molar-refractivity contribution is 5.69. The number of hydrogen-bond acceptors (Lipinski definition) is 2. The van der Waals surface area contributed by atoms with Crippen LogP contribution in [0.3, 0.4) is 0 Å². The van der Waals surface area contributed by atoms with Gasteiger partial charge in [0.25, 0.3) is 0 Å². The third-order valence-corrected chi connectivity index (χ3v) is 3.02. The van der Waals surface area contributed by atoms with Crippen LogP contribution in [-0.4, -0.2) is 35.1 Å². The van der Waals surface area contributed by atoms with E-state index in [4.69, 9.17) is 5.11 Å². The van der Waals surface area contributed by atoms with Crippen molar-refractivity contribution in [1.82, 2.24) is 4.90 Å². The molecule has 0 radical (unpaired) electrons.